The van der Waals surface area contributed by atoms with Crippen LogP contribution in [-0.4, -0.2) is 41.1 Å². The number of carbonyl (C=O) groups excluding carboxylic acids is 2. The van der Waals surface area contributed by atoms with E-state index in [1.165, 1.54) is 26.2 Å². The van der Waals surface area contributed by atoms with Crippen molar-refractivity contribution in [2.45, 2.75) is 32.9 Å². The maximum absolute atomic E-state index is 13.6. The molecule has 0 radical (unpaired) electrons. The molecule has 6 heteroatoms. The number of benzene rings is 2. The van der Waals surface area contributed by atoms with Crippen LogP contribution >= 0.6 is 0 Å². The smallest absolute Gasteiger partial charge is 0.304 e. The number of hydrogen-bond acceptors (Lipinski definition) is 4. The van der Waals surface area contributed by atoms with E-state index in [4.69, 9.17) is 4.74 Å². The summed E-state index contributed by atoms with van der Waals surface area (Å²) in [7, 11) is 0. The molecule has 0 unspecified atom stereocenters. The second kappa shape index (κ2) is 8.63. The highest BCUT2D eigenvalue weighted by molar-refractivity contribution is 6.36. The van der Waals surface area contributed by atoms with Crippen LogP contribution in [0.1, 0.15) is 37.3 Å². The molecule has 2 aliphatic heterocycles. The van der Waals surface area contributed by atoms with Gasteiger partial charge in [-0.3, -0.25) is 19.4 Å². The van der Waals surface area contributed by atoms with Crippen LogP contribution in [0.5, 0.6) is 0 Å². The Morgan fingerprint density at radius 1 is 1.03 bits per heavy atom. The monoisotopic (exact) mass is 429 g/mol. The minimum atomic E-state index is -0.323. The molecule has 0 N–H and O–H groups in total. The van der Waals surface area contributed by atoms with Crippen LogP contribution in [0.2, 0.25) is 0 Å². The van der Waals surface area contributed by atoms with Gasteiger partial charge in [0.05, 0.1) is 17.9 Å². The summed E-state index contributed by atoms with van der Waals surface area (Å²) in [4.78, 5) is 29.1. The molecule has 3 heterocycles. The molecule has 1 aromatic heterocycles. The van der Waals surface area contributed by atoms with Gasteiger partial charge in [-0.2, -0.15) is 0 Å². The minimum Gasteiger partial charge on any atom is -0.444 e. The van der Waals surface area contributed by atoms with E-state index in [1.807, 2.05) is 70.3 Å². The number of piperidine rings is 1. The number of nitrogens with zero attached hydrogens (tertiary/aromatic N) is 3. The highest BCUT2D eigenvalue weighted by atomic mass is 16.5. The average molecular weight is 430 g/mol. The number of hydrogen-bond donors (Lipinski definition) is 0. The van der Waals surface area contributed by atoms with Gasteiger partial charge in [0.25, 0.3) is 5.91 Å². The Morgan fingerprint density at radius 3 is 2.59 bits per heavy atom. The van der Waals surface area contributed by atoms with Crippen molar-refractivity contribution in [2.24, 2.45) is 0 Å². The van der Waals surface area contributed by atoms with E-state index < -0.39 is 0 Å². The molecule has 1 saturated heterocycles. The van der Waals surface area contributed by atoms with Crippen molar-refractivity contribution >= 4 is 40.1 Å². The summed E-state index contributed by atoms with van der Waals surface area (Å²) in [5.74, 6) is -0.287. The van der Waals surface area contributed by atoms with Gasteiger partial charge in [-0.15, -0.1) is 0 Å². The van der Waals surface area contributed by atoms with Crippen molar-refractivity contribution in [2.75, 3.05) is 24.7 Å². The number of aromatic nitrogens is 1. The van der Waals surface area contributed by atoms with E-state index >= 15 is 0 Å². The van der Waals surface area contributed by atoms with E-state index in [2.05, 4.69) is 4.90 Å². The molecule has 164 valence electrons. The van der Waals surface area contributed by atoms with Gasteiger partial charge >= 0.3 is 5.97 Å². The summed E-state index contributed by atoms with van der Waals surface area (Å²) in [5, 5.41) is 1.02. The lowest BCUT2D eigenvalue weighted by molar-refractivity contribution is -0.144. The number of amides is 1. The number of likely N-dealkylation sites (tertiary alicyclic amines) is 1. The molecule has 3 aromatic rings. The third-order valence-corrected chi connectivity index (χ3v) is 6.28. The van der Waals surface area contributed by atoms with Crippen molar-refractivity contribution in [1.29, 1.82) is 0 Å². The van der Waals surface area contributed by atoms with Gasteiger partial charge in [0.2, 0.25) is 0 Å². The first-order valence-electron chi connectivity index (χ1n) is 11.2. The maximum Gasteiger partial charge on any atom is 0.304 e. The molecule has 0 saturated carbocycles. The normalized spacial score (nSPS) is 17.8. The minimum absolute atomic E-state index is 0.0357. The van der Waals surface area contributed by atoms with E-state index in [1.54, 1.807) is 0 Å². The van der Waals surface area contributed by atoms with Gasteiger partial charge in [0.1, 0.15) is 0 Å². The molecule has 0 aliphatic carbocycles. The largest absolute Gasteiger partial charge is 0.444 e. The fourth-order valence-electron chi connectivity index (χ4n) is 4.70. The first-order valence-corrected chi connectivity index (χ1v) is 11.2. The Hall–Kier alpha value is -3.38. The van der Waals surface area contributed by atoms with Crippen LogP contribution in [0.4, 0.5) is 5.69 Å². The summed E-state index contributed by atoms with van der Waals surface area (Å²) >= 11 is 0. The zero-order chi connectivity index (χ0) is 22.1. The van der Waals surface area contributed by atoms with Crippen LogP contribution in [0, 0.1) is 0 Å². The topological polar surface area (TPSA) is 54.8 Å². The molecule has 32 heavy (non-hydrogen) atoms. The van der Waals surface area contributed by atoms with Gasteiger partial charge in [-0.05, 0) is 44.1 Å². The van der Waals surface area contributed by atoms with Crippen molar-refractivity contribution in [3.63, 3.8) is 0 Å². The Morgan fingerprint density at radius 2 is 1.78 bits per heavy atom. The third kappa shape index (κ3) is 3.82. The van der Waals surface area contributed by atoms with Crippen LogP contribution in [0.3, 0.4) is 0 Å². The number of anilines is 1. The summed E-state index contributed by atoms with van der Waals surface area (Å²) in [6.07, 6.45) is 7.57. The lowest BCUT2D eigenvalue weighted by Crippen LogP contribution is -2.42. The van der Waals surface area contributed by atoms with Crippen molar-refractivity contribution in [3.8, 4) is 0 Å². The zero-order valence-corrected chi connectivity index (χ0v) is 18.3. The average Bonchev–Trinajstić information content (AvgIpc) is 3.29. The molecular weight excluding hydrogens is 402 g/mol. The van der Waals surface area contributed by atoms with Crippen LogP contribution in [-0.2, 0) is 21.1 Å². The van der Waals surface area contributed by atoms with E-state index in [0.29, 0.717) is 12.2 Å². The van der Waals surface area contributed by atoms with Crippen molar-refractivity contribution < 1.29 is 14.3 Å². The summed E-state index contributed by atoms with van der Waals surface area (Å²) in [5.41, 5.74) is 4.53. The lowest BCUT2D eigenvalue weighted by Gasteiger charge is -2.30. The number of ether oxygens (including phenoxy) is 1. The molecule has 1 amide bonds. The van der Waals surface area contributed by atoms with Gasteiger partial charge < -0.3 is 9.30 Å². The van der Waals surface area contributed by atoms with Gasteiger partial charge in [-0.1, -0.05) is 42.8 Å². The van der Waals surface area contributed by atoms with Gasteiger partial charge in [0, 0.05) is 35.2 Å². The van der Waals surface area contributed by atoms with Crippen molar-refractivity contribution in [1.82, 2.24) is 9.47 Å². The number of rotatable bonds is 5. The van der Waals surface area contributed by atoms with E-state index in [-0.39, 0.29) is 18.6 Å². The molecular formula is C26H27N3O3. The predicted molar refractivity (Wildman–Crippen MR) is 126 cm³/mol. The fraction of sp³-hybridized carbons (Fsp3) is 0.308. The standard InChI is InChI=1S/C26H27N3O3/c1-19(30)32-18-28-16-20(21-9-3-5-11-24(21)28)15-23-22-10-4-6-12-25(22)29(26(23)31)17-27-13-7-2-8-14-27/h3-6,9-12,15-16H,2,7-8,13-14,17-18H2,1H3/b23-15-. The molecule has 2 aromatic carbocycles. The second-order valence-corrected chi connectivity index (χ2v) is 8.46. The molecule has 2 aliphatic rings. The quantitative estimate of drug-likeness (QED) is 0.443. The molecule has 0 spiro atoms. The summed E-state index contributed by atoms with van der Waals surface area (Å²) in [6, 6.07) is 16.0. The second-order valence-electron chi connectivity index (χ2n) is 8.46. The Balaban J connectivity index is 1.53. The molecule has 1 fully saturated rings. The number of fused-ring (bicyclic) bond motifs is 2. The Bertz CT molecular complexity index is 1200. The summed E-state index contributed by atoms with van der Waals surface area (Å²) in [6.45, 7) is 4.24. The Labute approximate surface area is 187 Å². The highest BCUT2D eigenvalue weighted by Gasteiger charge is 2.33. The van der Waals surface area contributed by atoms with E-state index in [9.17, 15) is 9.59 Å². The molecule has 5 rings (SSSR count). The maximum atomic E-state index is 13.6. The van der Waals surface area contributed by atoms with Gasteiger partial charge in [0.15, 0.2) is 6.73 Å². The van der Waals surface area contributed by atoms with Crippen LogP contribution < -0.4 is 4.90 Å². The highest BCUT2D eigenvalue weighted by Crippen LogP contribution is 2.39. The summed E-state index contributed by atoms with van der Waals surface area (Å²) < 4.78 is 7.12. The predicted octanol–water partition coefficient (Wildman–Crippen LogP) is 4.49. The van der Waals surface area contributed by atoms with Crippen LogP contribution in [0.15, 0.2) is 54.7 Å². The number of carbonyl (C=O) groups is 2. The first kappa shape index (κ1) is 20.5. The molecule has 0 atom stereocenters. The number of para-hydroxylation sites is 2. The van der Waals surface area contributed by atoms with Gasteiger partial charge in [-0.25, -0.2) is 0 Å². The zero-order valence-electron chi connectivity index (χ0n) is 18.3. The van der Waals surface area contributed by atoms with E-state index in [0.717, 1.165) is 40.8 Å². The van der Waals surface area contributed by atoms with Crippen molar-refractivity contribution in [3.05, 3.63) is 65.9 Å². The SMILES string of the molecule is CC(=O)OCn1cc(/C=C2\C(=O)N(CN3CCCCC3)c3ccccc32)c2ccccc21. The lowest BCUT2D eigenvalue weighted by atomic mass is 10.0. The van der Waals surface area contributed by atoms with Crippen LogP contribution in [0.25, 0.3) is 22.6 Å². The first-order chi connectivity index (χ1) is 15.6. The fourth-order valence-corrected chi connectivity index (χ4v) is 4.70. The number of esters is 1. The Kier molecular flexibility index (Phi) is 5.53. The molecule has 0 bridgehead atoms. The third-order valence-electron chi connectivity index (χ3n) is 6.28. The molecule has 6 nitrogen and oxygen atoms in total.